The van der Waals surface area contributed by atoms with Crippen LogP contribution >= 0.6 is 12.6 Å². The molecule has 1 atom stereocenters. The summed E-state index contributed by atoms with van der Waals surface area (Å²) >= 11 is 4.50. The van der Waals surface area contributed by atoms with E-state index in [-0.39, 0.29) is 0 Å². The van der Waals surface area contributed by atoms with Crippen molar-refractivity contribution >= 4 is 12.6 Å². The van der Waals surface area contributed by atoms with Crippen molar-refractivity contribution in [2.45, 2.75) is 30.6 Å². The largest absolute Gasteiger partial charge is 0.381 e. The molecule has 2 rings (SSSR count). The molecule has 0 bridgehead atoms. The second kappa shape index (κ2) is 3.99. The molecule has 0 N–H and O–H groups in total. The quantitative estimate of drug-likeness (QED) is 0.619. The third-order valence-corrected chi connectivity index (χ3v) is 3.32. The lowest BCUT2D eigenvalue weighted by atomic mass is 10.1. The highest BCUT2D eigenvalue weighted by molar-refractivity contribution is 7.81. The molecule has 2 aliphatic heterocycles. The highest BCUT2D eigenvalue weighted by atomic mass is 32.1. The summed E-state index contributed by atoms with van der Waals surface area (Å²) in [6.45, 7) is 4.35. The Hall–Kier alpha value is 0.270. The van der Waals surface area contributed by atoms with Crippen LogP contribution in [0.15, 0.2) is 0 Å². The fourth-order valence-electron chi connectivity index (χ4n) is 2.15. The van der Waals surface area contributed by atoms with Gasteiger partial charge in [-0.15, -0.1) is 0 Å². The molecule has 0 aromatic heterocycles. The van der Waals surface area contributed by atoms with Crippen LogP contribution in [-0.4, -0.2) is 42.5 Å². The van der Waals surface area contributed by atoms with Gasteiger partial charge in [0.25, 0.3) is 0 Å². The van der Waals surface area contributed by atoms with Gasteiger partial charge in [0.05, 0.1) is 0 Å². The summed E-state index contributed by atoms with van der Waals surface area (Å²) in [7, 11) is 0. The third-order valence-electron chi connectivity index (χ3n) is 2.90. The number of nitrogens with zero attached hydrogens (tertiary/aromatic N) is 1. The molecule has 3 heteroatoms. The molecular formula is C9H17NOS. The number of hydrogen-bond donors (Lipinski definition) is 1. The monoisotopic (exact) mass is 187 g/mol. The summed E-state index contributed by atoms with van der Waals surface area (Å²) in [5, 5.41) is 0.618. The normalized spacial score (nSPS) is 34.2. The molecule has 0 spiro atoms. The zero-order chi connectivity index (χ0) is 8.39. The molecule has 0 aliphatic carbocycles. The molecule has 0 aromatic carbocycles. The molecule has 2 nitrogen and oxygen atoms in total. The van der Waals surface area contributed by atoms with Gasteiger partial charge in [-0.25, -0.2) is 0 Å². The van der Waals surface area contributed by atoms with Gasteiger partial charge in [0, 0.05) is 31.1 Å². The van der Waals surface area contributed by atoms with Gasteiger partial charge in [-0.3, -0.25) is 4.90 Å². The lowest BCUT2D eigenvalue weighted by Crippen LogP contribution is -2.37. The second-order valence-electron chi connectivity index (χ2n) is 3.78. The highest BCUT2D eigenvalue weighted by Gasteiger charge is 2.27. The Morgan fingerprint density at radius 3 is 2.50 bits per heavy atom. The molecule has 0 aromatic rings. The molecule has 2 fully saturated rings. The fourth-order valence-corrected chi connectivity index (χ4v) is 2.48. The van der Waals surface area contributed by atoms with E-state index in [4.69, 9.17) is 4.74 Å². The van der Waals surface area contributed by atoms with Gasteiger partial charge in [-0.05, 0) is 25.8 Å². The number of rotatable bonds is 1. The lowest BCUT2D eigenvalue weighted by Gasteiger charge is -2.30. The van der Waals surface area contributed by atoms with Crippen molar-refractivity contribution in [2.24, 2.45) is 0 Å². The van der Waals surface area contributed by atoms with Gasteiger partial charge in [-0.2, -0.15) is 12.6 Å². The molecule has 2 saturated heterocycles. The number of thiol groups is 1. The van der Waals surface area contributed by atoms with E-state index in [9.17, 15) is 0 Å². The average Bonchev–Trinajstić information content (AvgIpc) is 2.54. The van der Waals surface area contributed by atoms with Crippen LogP contribution in [0.25, 0.3) is 0 Å². The van der Waals surface area contributed by atoms with Crippen molar-refractivity contribution < 1.29 is 4.74 Å². The maximum atomic E-state index is 5.34. The Morgan fingerprint density at radius 2 is 1.92 bits per heavy atom. The van der Waals surface area contributed by atoms with Gasteiger partial charge >= 0.3 is 0 Å². The third kappa shape index (κ3) is 1.95. The van der Waals surface area contributed by atoms with Crippen molar-refractivity contribution in [3.8, 4) is 0 Å². The second-order valence-corrected chi connectivity index (χ2v) is 4.51. The van der Waals surface area contributed by atoms with Crippen molar-refractivity contribution in [2.75, 3.05) is 26.3 Å². The molecule has 0 amide bonds. The van der Waals surface area contributed by atoms with Gasteiger partial charge in [0.15, 0.2) is 0 Å². The zero-order valence-corrected chi connectivity index (χ0v) is 8.30. The van der Waals surface area contributed by atoms with Gasteiger partial charge < -0.3 is 4.74 Å². The van der Waals surface area contributed by atoms with E-state index in [1.807, 2.05) is 0 Å². The number of ether oxygens (including phenoxy) is 1. The zero-order valence-electron chi connectivity index (χ0n) is 7.41. The average molecular weight is 187 g/mol. The summed E-state index contributed by atoms with van der Waals surface area (Å²) in [5.74, 6) is 0. The molecule has 70 valence electrons. The molecule has 2 heterocycles. The molecule has 12 heavy (non-hydrogen) atoms. The van der Waals surface area contributed by atoms with Gasteiger partial charge in [-0.1, -0.05) is 0 Å². The fraction of sp³-hybridized carbons (Fsp3) is 1.00. The summed E-state index contributed by atoms with van der Waals surface area (Å²) in [4.78, 5) is 2.58. The standard InChI is InChI=1S/C9H17NOS/c12-9-1-4-10(7-9)8-2-5-11-6-3-8/h8-9,12H,1-7H2/t9-/m1/s1. The Morgan fingerprint density at radius 1 is 1.17 bits per heavy atom. The summed E-state index contributed by atoms with van der Waals surface area (Å²) in [6.07, 6.45) is 3.71. The number of likely N-dealkylation sites (tertiary alicyclic amines) is 1. The van der Waals surface area contributed by atoms with E-state index >= 15 is 0 Å². The van der Waals surface area contributed by atoms with E-state index in [2.05, 4.69) is 17.5 Å². The molecule has 0 radical (unpaired) electrons. The van der Waals surface area contributed by atoms with Crippen LogP contribution in [0.4, 0.5) is 0 Å². The summed E-state index contributed by atoms with van der Waals surface area (Å²) < 4.78 is 5.34. The van der Waals surface area contributed by atoms with Crippen molar-refractivity contribution in [1.29, 1.82) is 0 Å². The topological polar surface area (TPSA) is 12.5 Å². The molecule has 2 aliphatic rings. The van der Waals surface area contributed by atoms with Crippen molar-refractivity contribution in [3.63, 3.8) is 0 Å². The van der Waals surface area contributed by atoms with Crippen LogP contribution in [0.5, 0.6) is 0 Å². The lowest BCUT2D eigenvalue weighted by molar-refractivity contribution is 0.0425. The van der Waals surface area contributed by atoms with Crippen LogP contribution in [0.3, 0.4) is 0 Å². The first-order valence-corrected chi connectivity index (χ1v) is 5.38. The Bertz CT molecular complexity index is 145. The maximum Gasteiger partial charge on any atom is 0.0480 e. The van der Waals surface area contributed by atoms with E-state index in [0.717, 1.165) is 19.3 Å². The minimum atomic E-state index is 0.618. The van der Waals surface area contributed by atoms with Crippen molar-refractivity contribution in [1.82, 2.24) is 4.90 Å². The Labute approximate surface area is 79.7 Å². The van der Waals surface area contributed by atoms with Crippen molar-refractivity contribution in [3.05, 3.63) is 0 Å². The molecular weight excluding hydrogens is 170 g/mol. The predicted molar refractivity (Wildman–Crippen MR) is 52.8 cm³/mol. The minimum Gasteiger partial charge on any atom is -0.381 e. The van der Waals surface area contributed by atoms with E-state index in [0.29, 0.717) is 5.25 Å². The van der Waals surface area contributed by atoms with Crippen LogP contribution < -0.4 is 0 Å². The van der Waals surface area contributed by atoms with Crippen LogP contribution in [0, 0.1) is 0 Å². The first kappa shape index (κ1) is 8.85. The molecule has 0 saturated carbocycles. The van der Waals surface area contributed by atoms with E-state index < -0.39 is 0 Å². The molecule has 0 unspecified atom stereocenters. The highest BCUT2D eigenvalue weighted by Crippen LogP contribution is 2.22. The van der Waals surface area contributed by atoms with Gasteiger partial charge in [0.1, 0.15) is 0 Å². The van der Waals surface area contributed by atoms with E-state index in [1.165, 1.54) is 32.4 Å². The van der Waals surface area contributed by atoms with Gasteiger partial charge in [0.2, 0.25) is 0 Å². The van der Waals surface area contributed by atoms with Crippen LogP contribution in [-0.2, 0) is 4.74 Å². The predicted octanol–water partition coefficient (Wildman–Crippen LogP) is 1.17. The Balaban J connectivity index is 1.83. The van der Waals surface area contributed by atoms with E-state index in [1.54, 1.807) is 0 Å². The summed E-state index contributed by atoms with van der Waals surface area (Å²) in [5.41, 5.74) is 0. The first-order chi connectivity index (χ1) is 5.86. The Kier molecular flexibility index (Phi) is 2.94. The number of hydrogen-bond acceptors (Lipinski definition) is 3. The minimum absolute atomic E-state index is 0.618. The SMILES string of the molecule is S[C@@H]1CCN(C2CCOCC2)C1. The van der Waals surface area contributed by atoms with Crippen LogP contribution in [0.2, 0.25) is 0 Å². The summed E-state index contributed by atoms with van der Waals surface area (Å²) in [6, 6.07) is 0.788. The smallest absolute Gasteiger partial charge is 0.0480 e. The van der Waals surface area contributed by atoms with Crippen LogP contribution in [0.1, 0.15) is 19.3 Å². The maximum absolute atomic E-state index is 5.34. The first-order valence-electron chi connectivity index (χ1n) is 4.86.